The molecule has 0 aliphatic heterocycles. The first-order valence-corrected chi connectivity index (χ1v) is 8.30. The van der Waals surface area contributed by atoms with Crippen LogP contribution in [-0.2, 0) is 26.2 Å². The van der Waals surface area contributed by atoms with Gasteiger partial charge in [-0.3, -0.25) is 4.79 Å². The number of hydrogen-bond donors (Lipinski definition) is 1. The van der Waals surface area contributed by atoms with Gasteiger partial charge in [0, 0.05) is 5.56 Å². The van der Waals surface area contributed by atoms with E-state index in [0.717, 1.165) is 12.1 Å². The zero-order valence-corrected chi connectivity index (χ0v) is 13.2. The number of esters is 1. The van der Waals surface area contributed by atoms with Crippen LogP contribution in [0.25, 0.3) is 0 Å². The molecule has 0 aromatic heterocycles. The average molecular weight is 348 g/mol. The van der Waals surface area contributed by atoms with Gasteiger partial charge in [-0.1, -0.05) is 30.3 Å². The molecule has 0 aliphatic carbocycles. The maximum absolute atomic E-state index is 13.5. The first kappa shape index (κ1) is 17.6. The van der Waals surface area contributed by atoms with Gasteiger partial charge in [-0.2, -0.15) is 9.98 Å². The van der Waals surface area contributed by atoms with Crippen molar-refractivity contribution in [3.63, 3.8) is 0 Å². The van der Waals surface area contributed by atoms with E-state index in [0.29, 0.717) is 11.1 Å². The van der Waals surface area contributed by atoms with Gasteiger partial charge < -0.3 is 4.74 Å². The minimum atomic E-state index is -4.16. The Morgan fingerprint density at radius 1 is 1.17 bits per heavy atom. The number of benzene rings is 2. The van der Waals surface area contributed by atoms with Crippen LogP contribution in [0.3, 0.4) is 0 Å². The van der Waals surface area contributed by atoms with E-state index in [4.69, 9.17) is 10.00 Å². The second-order valence-corrected chi connectivity index (χ2v) is 6.42. The number of nitriles is 1. The summed E-state index contributed by atoms with van der Waals surface area (Å²) >= 11 is 0. The van der Waals surface area contributed by atoms with Crippen LogP contribution >= 0.6 is 0 Å². The fourth-order valence-corrected chi connectivity index (χ4v) is 2.90. The molecular formula is C16H13FN2O4S. The summed E-state index contributed by atoms with van der Waals surface area (Å²) in [4.78, 5) is 11.1. The van der Waals surface area contributed by atoms with Gasteiger partial charge in [-0.15, -0.1) is 0 Å². The Morgan fingerprint density at radius 3 is 2.54 bits per heavy atom. The van der Waals surface area contributed by atoms with E-state index in [-0.39, 0.29) is 6.61 Å². The van der Waals surface area contributed by atoms with Crippen molar-refractivity contribution in [1.29, 1.82) is 5.26 Å². The fourth-order valence-electron chi connectivity index (χ4n) is 1.86. The predicted molar refractivity (Wildman–Crippen MR) is 82.5 cm³/mol. The molecule has 6 nitrogen and oxygen atoms in total. The molecule has 0 spiro atoms. The number of sulfonamides is 1. The van der Waals surface area contributed by atoms with Crippen LogP contribution in [0.4, 0.5) is 4.39 Å². The summed E-state index contributed by atoms with van der Waals surface area (Å²) in [6.45, 7) is -0.810. The van der Waals surface area contributed by atoms with Crippen LogP contribution in [0.2, 0.25) is 0 Å². The summed E-state index contributed by atoms with van der Waals surface area (Å²) in [6, 6.07) is 13.3. The molecule has 2 aromatic rings. The molecule has 0 aliphatic rings. The maximum atomic E-state index is 13.5. The third kappa shape index (κ3) is 4.38. The summed E-state index contributed by atoms with van der Waals surface area (Å²) in [5, 5.41) is 8.93. The van der Waals surface area contributed by atoms with Crippen molar-refractivity contribution >= 4 is 16.0 Å². The quantitative estimate of drug-likeness (QED) is 0.802. The van der Waals surface area contributed by atoms with E-state index in [9.17, 15) is 17.6 Å². The van der Waals surface area contributed by atoms with E-state index in [2.05, 4.69) is 0 Å². The SMILES string of the molecule is N#Cc1ccccc1COC(=O)CNS(=O)(=O)c1ccccc1F. The number of ether oxygens (including phenoxy) is 1. The summed E-state index contributed by atoms with van der Waals surface area (Å²) < 4.78 is 44.3. The molecule has 24 heavy (non-hydrogen) atoms. The van der Waals surface area contributed by atoms with Gasteiger partial charge in [0.2, 0.25) is 10.0 Å². The Kier molecular flexibility index (Phi) is 5.63. The first-order valence-electron chi connectivity index (χ1n) is 6.82. The Bertz CT molecular complexity index is 891. The van der Waals surface area contributed by atoms with E-state index in [1.807, 2.05) is 10.8 Å². The lowest BCUT2D eigenvalue weighted by atomic mass is 10.1. The molecule has 0 radical (unpaired) electrons. The summed E-state index contributed by atoms with van der Waals surface area (Å²) in [5.74, 6) is -1.76. The number of carbonyl (C=O) groups is 1. The minimum Gasteiger partial charge on any atom is -0.460 e. The average Bonchev–Trinajstić information content (AvgIpc) is 2.58. The molecule has 0 unspecified atom stereocenters. The summed E-state index contributed by atoms with van der Waals surface area (Å²) in [7, 11) is -4.16. The highest BCUT2D eigenvalue weighted by molar-refractivity contribution is 7.89. The van der Waals surface area contributed by atoms with Crippen molar-refractivity contribution in [2.24, 2.45) is 0 Å². The lowest BCUT2D eigenvalue weighted by Crippen LogP contribution is -2.31. The van der Waals surface area contributed by atoms with Crippen molar-refractivity contribution in [1.82, 2.24) is 4.72 Å². The van der Waals surface area contributed by atoms with Crippen LogP contribution in [0.1, 0.15) is 11.1 Å². The molecule has 1 N–H and O–H groups in total. The lowest BCUT2D eigenvalue weighted by Gasteiger charge is -2.08. The zero-order chi connectivity index (χ0) is 17.6. The molecule has 0 fully saturated rings. The summed E-state index contributed by atoms with van der Waals surface area (Å²) in [6.07, 6.45) is 0. The highest BCUT2D eigenvalue weighted by Crippen LogP contribution is 2.13. The van der Waals surface area contributed by atoms with Crippen LogP contribution in [0, 0.1) is 17.1 Å². The third-order valence-corrected chi connectivity index (χ3v) is 4.49. The number of rotatable bonds is 6. The number of hydrogen-bond acceptors (Lipinski definition) is 5. The highest BCUT2D eigenvalue weighted by atomic mass is 32.2. The predicted octanol–water partition coefficient (Wildman–Crippen LogP) is 1.72. The van der Waals surface area contributed by atoms with E-state index < -0.39 is 33.3 Å². The molecule has 2 rings (SSSR count). The van der Waals surface area contributed by atoms with Gasteiger partial charge >= 0.3 is 5.97 Å². The molecule has 0 heterocycles. The molecule has 0 saturated heterocycles. The molecular weight excluding hydrogens is 335 g/mol. The standard InChI is InChI=1S/C16H13FN2O4S/c17-14-7-3-4-8-15(14)24(21,22)19-10-16(20)23-11-13-6-2-1-5-12(13)9-18/h1-8,19H,10-11H2. The maximum Gasteiger partial charge on any atom is 0.321 e. The molecule has 2 aromatic carbocycles. The summed E-state index contributed by atoms with van der Waals surface area (Å²) in [5.41, 5.74) is 0.863. The van der Waals surface area contributed by atoms with E-state index in [1.54, 1.807) is 24.3 Å². The third-order valence-electron chi connectivity index (χ3n) is 3.06. The molecule has 0 amide bonds. The van der Waals surface area contributed by atoms with Crippen molar-refractivity contribution in [3.8, 4) is 6.07 Å². The minimum absolute atomic E-state index is 0.163. The number of nitrogens with one attached hydrogen (secondary N) is 1. The zero-order valence-electron chi connectivity index (χ0n) is 12.4. The van der Waals surface area contributed by atoms with Crippen molar-refractivity contribution in [3.05, 3.63) is 65.5 Å². The van der Waals surface area contributed by atoms with Crippen LogP contribution in [0.5, 0.6) is 0 Å². The molecule has 124 valence electrons. The van der Waals surface area contributed by atoms with E-state index >= 15 is 0 Å². The van der Waals surface area contributed by atoms with Gasteiger partial charge in [-0.05, 0) is 18.2 Å². The molecule has 0 saturated carbocycles. The molecule has 0 atom stereocenters. The Morgan fingerprint density at radius 2 is 1.83 bits per heavy atom. The Labute approximate surface area is 138 Å². The van der Waals surface area contributed by atoms with Crippen LogP contribution in [-0.4, -0.2) is 20.9 Å². The van der Waals surface area contributed by atoms with Gasteiger partial charge in [-0.25, -0.2) is 12.8 Å². The van der Waals surface area contributed by atoms with E-state index in [1.165, 1.54) is 12.1 Å². The molecule has 0 bridgehead atoms. The first-order chi connectivity index (χ1) is 11.4. The second kappa shape index (κ2) is 7.68. The normalized spacial score (nSPS) is 10.8. The monoisotopic (exact) mass is 348 g/mol. The smallest absolute Gasteiger partial charge is 0.321 e. The van der Waals surface area contributed by atoms with Crippen molar-refractivity contribution < 1.29 is 22.3 Å². The lowest BCUT2D eigenvalue weighted by molar-refractivity contribution is -0.143. The van der Waals surface area contributed by atoms with Crippen molar-refractivity contribution in [2.45, 2.75) is 11.5 Å². The fraction of sp³-hybridized carbons (Fsp3) is 0.125. The van der Waals surface area contributed by atoms with Crippen LogP contribution in [0.15, 0.2) is 53.4 Å². The Hall–Kier alpha value is -2.76. The van der Waals surface area contributed by atoms with Gasteiger partial charge in [0.05, 0.1) is 11.6 Å². The van der Waals surface area contributed by atoms with Crippen LogP contribution < -0.4 is 4.72 Å². The second-order valence-electron chi connectivity index (χ2n) is 4.68. The number of carbonyl (C=O) groups excluding carboxylic acids is 1. The Balaban J connectivity index is 1.94. The topological polar surface area (TPSA) is 96.3 Å². The van der Waals surface area contributed by atoms with Crippen molar-refractivity contribution in [2.75, 3.05) is 6.54 Å². The molecule has 8 heteroatoms. The largest absolute Gasteiger partial charge is 0.460 e. The van der Waals surface area contributed by atoms with Gasteiger partial charge in [0.15, 0.2) is 0 Å². The number of halogens is 1. The number of nitrogens with zero attached hydrogens (tertiary/aromatic N) is 1. The van der Waals surface area contributed by atoms with Gasteiger partial charge in [0.1, 0.15) is 23.9 Å². The highest BCUT2D eigenvalue weighted by Gasteiger charge is 2.19. The van der Waals surface area contributed by atoms with Gasteiger partial charge in [0.25, 0.3) is 0 Å².